The standard InChI is InChI=1S/C16H16N7O/c1-2-3-6-23-15-12(14(17)19-8-20-15)13(22-23)9-4-5-11-10(7-9)21-16(18)24-11/h4-5,7-8H,1-3,6H2,(H2,18,21)(H2,17,19,20). The highest BCUT2D eigenvalue weighted by atomic mass is 16.4. The molecule has 0 spiro atoms. The minimum Gasteiger partial charge on any atom is -0.424 e. The van der Waals surface area contributed by atoms with E-state index in [1.807, 2.05) is 22.9 Å². The molecule has 0 aliphatic rings. The van der Waals surface area contributed by atoms with Crippen molar-refractivity contribution in [3.05, 3.63) is 31.5 Å². The lowest BCUT2D eigenvalue weighted by Crippen LogP contribution is -2.01. The molecule has 0 saturated carbocycles. The van der Waals surface area contributed by atoms with Gasteiger partial charge >= 0.3 is 0 Å². The highest BCUT2D eigenvalue weighted by molar-refractivity contribution is 5.99. The fourth-order valence-corrected chi connectivity index (χ4v) is 2.74. The number of aryl methyl sites for hydroxylation is 1. The summed E-state index contributed by atoms with van der Waals surface area (Å²) in [5.74, 6) is 0.399. The molecule has 0 aliphatic heterocycles. The zero-order valence-corrected chi connectivity index (χ0v) is 12.9. The summed E-state index contributed by atoms with van der Waals surface area (Å²) in [6.45, 7) is 4.59. The van der Waals surface area contributed by atoms with Crippen LogP contribution >= 0.6 is 0 Å². The summed E-state index contributed by atoms with van der Waals surface area (Å²) >= 11 is 0. The van der Waals surface area contributed by atoms with E-state index < -0.39 is 0 Å². The lowest BCUT2D eigenvalue weighted by atomic mass is 10.1. The predicted octanol–water partition coefficient (Wildman–Crippen LogP) is 2.41. The van der Waals surface area contributed by atoms with Crippen LogP contribution in [0, 0.1) is 6.92 Å². The largest absolute Gasteiger partial charge is 0.424 e. The van der Waals surface area contributed by atoms with Gasteiger partial charge in [-0.2, -0.15) is 10.1 Å². The van der Waals surface area contributed by atoms with Crippen LogP contribution in [0.2, 0.25) is 0 Å². The van der Waals surface area contributed by atoms with E-state index in [9.17, 15) is 0 Å². The Morgan fingerprint density at radius 2 is 2.08 bits per heavy atom. The molecule has 121 valence electrons. The van der Waals surface area contributed by atoms with Gasteiger partial charge in [0.05, 0.1) is 5.39 Å². The zero-order valence-electron chi connectivity index (χ0n) is 12.9. The summed E-state index contributed by atoms with van der Waals surface area (Å²) in [6.07, 6.45) is 3.17. The van der Waals surface area contributed by atoms with Crippen LogP contribution in [0.5, 0.6) is 0 Å². The van der Waals surface area contributed by atoms with E-state index in [0.717, 1.165) is 36.0 Å². The average molecular weight is 322 g/mol. The van der Waals surface area contributed by atoms with Gasteiger partial charge < -0.3 is 15.9 Å². The normalized spacial score (nSPS) is 11.5. The van der Waals surface area contributed by atoms with Gasteiger partial charge in [-0.3, -0.25) is 0 Å². The molecular formula is C16H16N7O. The number of hydrogen-bond donors (Lipinski definition) is 2. The number of oxazole rings is 1. The summed E-state index contributed by atoms with van der Waals surface area (Å²) in [4.78, 5) is 12.6. The number of hydrogen-bond acceptors (Lipinski definition) is 7. The molecule has 0 saturated heterocycles. The van der Waals surface area contributed by atoms with Crippen molar-refractivity contribution in [3.63, 3.8) is 0 Å². The predicted molar refractivity (Wildman–Crippen MR) is 91.7 cm³/mol. The van der Waals surface area contributed by atoms with Gasteiger partial charge in [0.2, 0.25) is 0 Å². The molecule has 0 unspecified atom stereocenters. The SMILES string of the molecule is [CH2]CCCn1nc(-c2ccc3oc(N)nc3c2)c2c(N)ncnc21. The van der Waals surface area contributed by atoms with Crippen molar-refractivity contribution in [2.45, 2.75) is 19.4 Å². The molecule has 0 amide bonds. The first-order chi connectivity index (χ1) is 11.7. The van der Waals surface area contributed by atoms with Gasteiger partial charge in [-0.05, 0) is 24.6 Å². The second-order valence-electron chi connectivity index (χ2n) is 5.47. The van der Waals surface area contributed by atoms with Gasteiger partial charge in [-0.15, -0.1) is 0 Å². The number of nitrogens with zero attached hydrogens (tertiary/aromatic N) is 5. The number of nitrogen functional groups attached to an aromatic ring is 2. The first-order valence-electron chi connectivity index (χ1n) is 7.60. The highest BCUT2D eigenvalue weighted by Crippen LogP contribution is 2.32. The van der Waals surface area contributed by atoms with Crippen LogP contribution in [0.3, 0.4) is 0 Å². The Labute approximate surface area is 137 Å². The van der Waals surface area contributed by atoms with E-state index in [4.69, 9.17) is 15.9 Å². The van der Waals surface area contributed by atoms with Crippen LogP contribution in [-0.4, -0.2) is 24.7 Å². The van der Waals surface area contributed by atoms with Crippen molar-refractivity contribution >= 4 is 34.0 Å². The average Bonchev–Trinajstić information content (AvgIpc) is 3.12. The molecule has 8 heteroatoms. The highest BCUT2D eigenvalue weighted by Gasteiger charge is 2.17. The number of unbranched alkanes of at least 4 members (excludes halogenated alkanes) is 1. The van der Waals surface area contributed by atoms with Crippen LogP contribution in [-0.2, 0) is 6.54 Å². The topological polar surface area (TPSA) is 122 Å². The van der Waals surface area contributed by atoms with Crippen molar-refractivity contribution in [1.82, 2.24) is 24.7 Å². The van der Waals surface area contributed by atoms with Crippen molar-refractivity contribution in [1.29, 1.82) is 0 Å². The third-order valence-corrected chi connectivity index (χ3v) is 3.86. The molecule has 8 nitrogen and oxygen atoms in total. The maximum Gasteiger partial charge on any atom is 0.292 e. The molecular weight excluding hydrogens is 306 g/mol. The summed E-state index contributed by atoms with van der Waals surface area (Å²) in [7, 11) is 0. The van der Waals surface area contributed by atoms with Crippen molar-refractivity contribution in [2.75, 3.05) is 11.5 Å². The van der Waals surface area contributed by atoms with Crippen LogP contribution < -0.4 is 11.5 Å². The van der Waals surface area contributed by atoms with Crippen molar-refractivity contribution in [2.24, 2.45) is 0 Å². The minimum atomic E-state index is 0.135. The Morgan fingerprint density at radius 1 is 1.21 bits per heavy atom. The summed E-state index contributed by atoms with van der Waals surface area (Å²) in [5.41, 5.74) is 15.3. The smallest absolute Gasteiger partial charge is 0.292 e. The van der Waals surface area contributed by atoms with Gasteiger partial charge in [0.15, 0.2) is 11.2 Å². The maximum atomic E-state index is 6.08. The molecule has 4 rings (SSSR count). The van der Waals surface area contributed by atoms with Gasteiger partial charge in [0, 0.05) is 12.1 Å². The van der Waals surface area contributed by atoms with Crippen LogP contribution in [0.4, 0.5) is 11.8 Å². The van der Waals surface area contributed by atoms with Crippen molar-refractivity contribution in [3.8, 4) is 11.3 Å². The summed E-state index contributed by atoms with van der Waals surface area (Å²) < 4.78 is 7.16. The van der Waals surface area contributed by atoms with Gasteiger partial charge in [0.1, 0.15) is 23.4 Å². The molecule has 0 aliphatic carbocycles. The van der Waals surface area contributed by atoms with E-state index in [1.54, 1.807) is 0 Å². The first-order valence-corrected chi connectivity index (χ1v) is 7.60. The van der Waals surface area contributed by atoms with Crippen LogP contribution in [0.25, 0.3) is 33.4 Å². The number of fused-ring (bicyclic) bond motifs is 2. The van der Waals surface area contributed by atoms with Gasteiger partial charge in [-0.1, -0.05) is 13.3 Å². The Morgan fingerprint density at radius 3 is 2.92 bits per heavy atom. The van der Waals surface area contributed by atoms with E-state index >= 15 is 0 Å². The molecule has 0 fully saturated rings. The zero-order chi connectivity index (χ0) is 16.7. The molecule has 4 N–H and O–H groups in total. The Balaban J connectivity index is 1.93. The second-order valence-corrected chi connectivity index (χ2v) is 5.47. The monoisotopic (exact) mass is 322 g/mol. The van der Waals surface area contributed by atoms with Crippen molar-refractivity contribution < 1.29 is 4.42 Å². The minimum absolute atomic E-state index is 0.135. The molecule has 3 aromatic heterocycles. The molecule has 4 aromatic rings. The number of anilines is 2. The lowest BCUT2D eigenvalue weighted by Gasteiger charge is -2.00. The Hall–Kier alpha value is -3.16. The third-order valence-electron chi connectivity index (χ3n) is 3.86. The van der Waals surface area contributed by atoms with Crippen LogP contribution in [0.15, 0.2) is 28.9 Å². The number of nitrogens with two attached hydrogens (primary N) is 2. The third kappa shape index (κ3) is 2.23. The Bertz CT molecular complexity index is 1030. The number of benzene rings is 1. The molecule has 1 aromatic carbocycles. The molecule has 3 heterocycles. The number of rotatable bonds is 4. The van der Waals surface area contributed by atoms with E-state index in [0.29, 0.717) is 22.6 Å². The lowest BCUT2D eigenvalue weighted by molar-refractivity contribution is 0.597. The quantitative estimate of drug-likeness (QED) is 0.591. The summed E-state index contributed by atoms with van der Waals surface area (Å²) in [6, 6.07) is 5.72. The molecule has 0 atom stereocenters. The van der Waals surface area contributed by atoms with E-state index in [2.05, 4.69) is 27.0 Å². The second kappa shape index (κ2) is 5.48. The fraction of sp³-hybridized carbons (Fsp3) is 0.188. The van der Waals surface area contributed by atoms with Gasteiger partial charge in [0.25, 0.3) is 6.01 Å². The molecule has 0 bridgehead atoms. The fourth-order valence-electron chi connectivity index (χ4n) is 2.74. The Kier molecular flexibility index (Phi) is 3.30. The summed E-state index contributed by atoms with van der Waals surface area (Å²) in [5, 5.41) is 5.42. The van der Waals surface area contributed by atoms with Gasteiger partial charge in [-0.25, -0.2) is 14.6 Å². The molecule has 24 heavy (non-hydrogen) atoms. The van der Waals surface area contributed by atoms with Crippen LogP contribution in [0.1, 0.15) is 12.8 Å². The van der Waals surface area contributed by atoms with E-state index in [-0.39, 0.29) is 6.01 Å². The van der Waals surface area contributed by atoms with E-state index in [1.165, 1.54) is 6.33 Å². The first kappa shape index (κ1) is 14.4. The maximum absolute atomic E-state index is 6.08. The molecule has 1 radical (unpaired) electrons. The number of aromatic nitrogens is 5.